The molecule has 1 aliphatic carbocycles. The van der Waals surface area contributed by atoms with Crippen LogP contribution in [0, 0.1) is 5.92 Å². The molecule has 2 aliphatic rings. The zero-order chi connectivity index (χ0) is 8.01. The lowest BCUT2D eigenvalue weighted by atomic mass is 10.2. The Bertz CT molecular complexity index is 194. The number of hydrogen-bond acceptors (Lipinski definition) is 2. The monoisotopic (exact) mass is 157 g/mol. The number of carbonyl (C=O) groups is 1. The maximum atomic E-state index is 10.6. The lowest BCUT2D eigenvalue weighted by molar-refractivity contribution is 0.106. The highest BCUT2D eigenvalue weighted by Gasteiger charge is 2.53. The molecule has 0 aromatic carbocycles. The zero-order valence-electron chi connectivity index (χ0n) is 6.10. The molecule has 11 heavy (non-hydrogen) atoms. The average molecular weight is 157 g/mol. The van der Waals surface area contributed by atoms with Gasteiger partial charge in [0.15, 0.2) is 0 Å². The molecule has 0 bridgehead atoms. The molecule has 1 heterocycles. The second-order valence-electron chi connectivity index (χ2n) is 3.33. The third-order valence-corrected chi connectivity index (χ3v) is 2.64. The first kappa shape index (κ1) is 6.91. The maximum Gasteiger partial charge on any atom is 0.407 e. The molecular formula is C7H11NO3. The number of piperidine rings is 1. The number of aliphatic hydroxyl groups excluding tert-OH is 1. The smallest absolute Gasteiger partial charge is 0.407 e. The van der Waals surface area contributed by atoms with Crippen molar-refractivity contribution in [3.8, 4) is 0 Å². The van der Waals surface area contributed by atoms with E-state index in [1.54, 1.807) is 0 Å². The van der Waals surface area contributed by atoms with Gasteiger partial charge in [-0.3, -0.25) is 4.90 Å². The van der Waals surface area contributed by atoms with Gasteiger partial charge in [0, 0.05) is 6.04 Å². The molecule has 1 amide bonds. The summed E-state index contributed by atoms with van der Waals surface area (Å²) in [7, 11) is 0. The van der Waals surface area contributed by atoms with E-state index in [4.69, 9.17) is 10.2 Å². The summed E-state index contributed by atoms with van der Waals surface area (Å²) in [6.45, 7) is -0.0285. The summed E-state index contributed by atoms with van der Waals surface area (Å²) in [6.07, 6.45) is 0.977. The molecule has 0 aromatic rings. The van der Waals surface area contributed by atoms with Crippen molar-refractivity contribution in [2.75, 3.05) is 6.61 Å². The molecule has 62 valence electrons. The first-order chi connectivity index (χ1) is 5.24. The minimum absolute atomic E-state index is 0.0285. The van der Waals surface area contributed by atoms with Crippen LogP contribution in [0.2, 0.25) is 0 Å². The highest BCUT2D eigenvalue weighted by atomic mass is 16.4. The molecule has 4 nitrogen and oxygen atoms in total. The van der Waals surface area contributed by atoms with Crippen molar-refractivity contribution in [1.82, 2.24) is 4.90 Å². The van der Waals surface area contributed by atoms with Crippen molar-refractivity contribution in [2.45, 2.75) is 24.9 Å². The van der Waals surface area contributed by atoms with Crippen molar-refractivity contribution >= 4 is 6.09 Å². The van der Waals surface area contributed by atoms with Crippen LogP contribution in [0.5, 0.6) is 0 Å². The summed E-state index contributed by atoms with van der Waals surface area (Å²) in [5.74, 6) is 0.545. The van der Waals surface area contributed by atoms with Gasteiger partial charge in [0.1, 0.15) is 0 Å². The number of carboxylic acid groups (broad SMARTS) is 1. The highest BCUT2D eigenvalue weighted by Crippen LogP contribution is 2.47. The van der Waals surface area contributed by atoms with Crippen molar-refractivity contribution in [1.29, 1.82) is 0 Å². The van der Waals surface area contributed by atoms with E-state index >= 15 is 0 Å². The molecule has 1 unspecified atom stereocenters. The van der Waals surface area contributed by atoms with Crippen molar-refractivity contribution < 1.29 is 15.0 Å². The Hall–Kier alpha value is -0.770. The molecule has 2 N–H and O–H groups in total. The van der Waals surface area contributed by atoms with Crippen LogP contribution in [0.4, 0.5) is 4.79 Å². The first-order valence-electron chi connectivity index (χ1n) is 3.86. The molecule has 0 radical (unpaired) electrons. The van der Waals surface area contributed by atoms with Crippen LogP contribution >= 0.6 is 0 Å². The molecular weight excluding hydrogens is 146 g/mol. The number of amides is 1. The molecule has 3 atom stereocenters. The lowest BCUT2D eigenvalue weighted by Crippen LogP contribution is -2.39. The zero-order valence-corrected chi connectivity index (χ0v) is 6.10. The Morgan fingerprint density at radius 3 is 2.73 bits per heavy atom. The molecule has 1 aliphatic heterocycles. The average Bonchev–Trinajstić information content (AvgIpc) is 2.61. The van der Waals surface area contributed by atoms with E-state index in [0.717, 1.165) is 12.8 Å². The van der Waals surface area contributed by atoms with Crippen LogP contribution in [-0.4, -0.2) is 39.9 Å². The lowest BCUT2D eigenvalue weighted by Gasteiger charge is -2.22. The fourth-order valence-electron chi connectivity index (χ4n) is 2.02. The number of rotatable bonds is 1. The summed E-state index contributed by atoms with van der Waals surface area (Å²) < 4.78 is 0. The number of nitrogens with zero attached hydrogens (tertiary/aromatic N) is 1. The second-order valence-corrected chi connectivity index (χ2v) is 3.33. The third-order valence-electron chi connectivity index (χ3n) is 2.64. The molecule has 2 rings (SSSR count). The van der Waals surface area contributed by atoms with Crippen molar-refractivity contribution in [2.24, 2.45) is 5.92 Å². The third kappa shape index (κ3) is 0.894. The summed E-state index contributed by atoms with van der Waals surface area (Å²) in [6, 6.07) is 0.0981. The van der Waals surface area contributed by atoms with Gasteiger partial charge in [0.25, 0.3) is 0 Å². The maximum absolute atomic E-state index is 10.6. The fraction of sp³-hybridized carbons (Fsp3) is 0.857. The Morgan fingerprint density at radius 2 is 2.27 bits per heavy atom. The predicted octanol–water partition coefficient (Wildman–Crippen LogP) is 0.119. The van der Waals surface area contributed by atoms with Gasteiger partial charge in [-0.15, -0.1) is 0 Å². The SMILES string of the molecule is O=C(O)N1C(CO)C[C@@H]2C[C@H]21. The fourth-order valence-corrected chi connectivity index (χ4v) is 2.02. The summed E-state index contributed by atoms with van der Waals surface area (Å²) in [5, 5.41) is 17.5. The summed E-state index contributed by atoms with van der Waals surface area (Å²) in [4.78, 5) is 12.0. The van der Waals surface area contributed by atoms with Crippen molar-refractivity contribution in [3.05, 3.63) is 0 Å². The van der Waals surface area contributed by atoms with E-state index in [0.29, 0.717) is 5.92 Å². The van der Waals surface area contributed by atoms with E-state index in [-0.39, 0.29) is 18.7 Å². The Labute approximate surface area is 64.4 Å². The molecule has 1 saturated heterocycles. The van der Waals surface area contributed by atoms with Crippen LogP contribution in [0.25, 0.3) is 0 Å². The quantitative estimate of drug-likeness (QED) is 0.568. The minimum Gasteiger partial charge on any atom is -0.465 e. The molecule has 1 saturated carbocycles. The van der Waals surface area contributed by atoms with E-state index in [2.05, 4.69) is 0 Å². The van der Waals surface area contributed by atoms with E-state index in [9.17, 15) is 4.79 Å². The Balaban J connectivity index is 2.08. The number of fused-ring (bicyclic) bond motifs is 1. The van der Waals surface area contributed by atoms with Gasteiger partial charge in [-0.1, -0.05) is 0 Å². The van der Waals surface area contributed by atoms with Crippen LogP contribution in [0.15, 0.2) is 0 Å². The number of likely N-dealkylation sites (tertiary alicyclic amines) is 1. The van der Waals surface area contributed by atoms with Crippen LogP contribution < -0.4 is 0 Å². The minimum atomic E-state index is -0.881. The number of aliphatic hydroxyl groups is 1. The summed E-state index contributed by atoms with van der Waals surface area (Å²) in [5.41, 5.74) is 0. The largest absolute Gasteiger partial charge is 0.465 e. The standard InChI is InChI=1S/C7H11NO3/c9-3-5-1-4-2-6(4)8(5)7(10)11/h4-6,9H,1-3H2,(H,10,11)/t4-,5?,6-/m1/s1. The normalized spacial score (nSPS) is 40.5. The molecule has 0 aromatic heterocycles. The van der Waals surface area contributed by atoms with Crippen LogP contribution in [0.3, 0.4) is 0 Å². The van der Waals surface area contributed by atoms with Gasteiger partial charge >= 0.3 is 6.09 Å². The van der Waals surface area contributed by atoms with E-state index in [1.165, 1.54) is 4.90 Å². The highest BCUT2D eigenvalue weighted by molar-refractivity contribution is 5.67. The Morgan fingerprint density at radius 1 is 1.55 bits per heavy atom. The molecule has 2 fully saturated rings. The summed E-state index contributed by atoms with van der Waals surface area (Å²) >= 11 is 0. The predicted molar refractivity (Wildman–Crippen MR) is 37.2 cm³/mol. The second kappa shape index (κ2) is 2.11. The Kier molecular flexibility index (Phi) is 1.32. The van der Waals surface area contributed by atoms with E-state index in [1.807, 2.05) is 0 Å². The van der Waals surface area contributed by atoms with Gasteiger partial charge in [0.2, 0.25) is 0 Å². The van der Waals surface area contributed by atoms with Crippen molar-refractivity contribution in [3.63, 3.8) is 0 Å². The topological polar surface area (TPSA) is 60.8 Å². The first-order valence-corrected chi connectivity index (χ1v) is 3.86. The van der Waals surface area contributed by atoms with Gasteiger partial charge in [0.05, 0.1) is 12.6 Å². The van der Waals surface area contributed by atoms with Gasteiger partial charge in [-0.05, 0) is 18.8 Å². The van der Waals surface area contributed by atoms with E-state index < -0.39 is 6.09 Å². The number of hydrogen-bond donors (Lipinski definition) is 2. The van der Waals surface area contributed by atoms with Crippen LogP contribution in [0.1, 0.15) is 12.8 Å². The van der Waals surface area contributed by atoms with Gasteiger partial charge in [-0.25, -0.2) is 4.79 Å². The van der Waals surface area contributed by atoms with Crippen LogP contribution in [-0.2, 0) is 0 Å². The molecule has 0 spiro atoms. The van der Waals surface area contributed by atoms with Gasteiger partial charge < -0.3 is 10.2 Å². The van der Waals surface area contributed by atoms with Gasteiger partial charge in [-0.2, -0.15) is 0 Å². The molecule has 4 heteroatoms.